The Balaban J connectivity index is 1.48. The molecule has 8 heteroatoms. The Kier molecular flexibility index (Phi) is 5.74. The van der Waals surface area contributed by atoms with Crippen molar-refractivity contribution in [1.29, 1.82) is 0 Å². The summed E-state index contributed by atoms with van der Waals surface area (Å²) in [4.78, 5) is 47.4. The minimum atomic E-state index is -0.685. The van der Waals surface area contributed by atoms with E-state index in [0.29, 0.717) is 19.5 Å². The van der Waals surface area contributed by atoms with Crippen molar-refractivity contribution >= 4 is 17.7 Å². The predicted molar refractivity (Wildman–Crippen MR) is 106 cm³/mol. The zero-order chi connectivity index (χ0) is 21.1. The van der Waals surface area contributed by atoms with Gasteiger partial charge in [0.1, 0.15) is 18.4 Å². The van der Waals surface area contributed by atoms with Crippen molar-refractivity contribution in [3.63, 3.8) is 0 Å². The molecule has 1 aromatic heterocycles. The van der Waals surface area contributed by atoms with Crippen molar-refractivity contribution in [3.8, 4) is 0 Å². The quantitative estimate of drug-likeness (QED) is 0.760. The summed E-state index contributed by atoms with van der Waals surface area (Å²) >= 11 is 0. The van der Waals surface area contributed by atoms with E-state index >= 15 is 0 Å². The number of rotatable bonds is 4. The molecule has 1 unspecified atom stereocenters. The molecule has 2 fully saturated rings. The first-order valence-electron chi connectivity index (χ1n) is 10.0. The van der Waals surface area contributed by atoms with Gasteiger partial charge in [0.2, 0.25) is 17.7 Å². The monoisotopic (exact) mass is 410 g/mol. The van der Waals surface area contributed by atoms with E-state index in [-0.39, 0.29) is 49.6 Å². The number of hydrogen-bond donors (Lipinski definition) is 0. The topological polar surface area (TPSA) is 73.8 Å². The summed E-state index contributed by atoms with van der Waals surface area (Å²) in [5.41, 5.74) is 1.62. The van der Waals surface area contributed by atoms with Crippen LogP contribution in [0, 0.1) is 5.82 Å². The molecular weight excluding hydrogens is 387 g/mol. The molecule has 2 saturated heterocycles. The smallest absolute Gasteiger partial charge is 0.247 e. The van der Waals surface area contributed by atoms with E-state index < -0.39 is 6.04 Å². The van der Waals surface area contributed by atoms with Crippen LogP contribution in [-0.2, 0) is 27.3 Å². The average Bonchev–Trinajstić information content (AvgIpc) is 2.98. The molecule has 3 heterocycles. The minimum absolute atomic E-state index is 0.00231. The third-order valence-electron chi connectivity index (χ3n) is 5.58. The van der Waals surface area contributed by atoms with Crippen LogP contribution in [0.2, 0.25) is 0 Å². The second kappa shape index (κ2) is 8.61. The Morgan fingerprint density at radius 2 is 1.77 bits per heavy atom. The second-order valence-corrected chi connectivity index (χ2v) is 7.65. The normalized spacial score (nSPS) is 19.5. The molecule has 2 aliphatic rings. The van der Waals surface area contributed by atoms with Gasteiger partial charge in [0.25, 0.3) is 0 Å². The summed E-state index contributed by atoms with van der Waals surface area (Å²) in [7, 11) is 0. The number of piperazine rings is 1. The molecule has 1 atom stereocenters. The lowest BCUT2D eigenvalue weighted by atomic mass is 10.1. The summed E-state index contributed by atoms with van der Waals surface area (Å²) in [5, 5.41) is 0. The van der Waals surface area contributed by atoms with Gasteiger partial charge in [-0.1, -0.05) is 12.1 Å². The maximum absolute atomic E-state index is 13.2. The molecule has 7 nitrogen and oxygen atoms in total. The average molecular weight is 410 g/mol. The van der Waals surface area contributed by atoms with Gasteiger partial charge >= 0.3 is 0 Å². The summed E-state index contributed by atoms with van der Waals surface area (Å²) in [6.45, 7) is 1.39. The highest BCUT2D eigenvalue weighted by molar-refractivity contribution is 5.95. The predicted octanol–water partition coefficient (Wildman–Crippen LogP) is 1.24. The van der Waals surface area contributed by atoms with E-state index in [2.05, 4.69) is 4.98 Å². The number of aromatic nitrogens is 1. The van der Waals surface area contributed by atoms with E-state index in [1.807, 2.05) is 0 Å². The third-order valence-corrected chi connectivity index (χ3v) is 5.58. The number of carbonyl (C=O) groups is 3. The molecule has 3 amide bonds. The summed E-state index contributed by atoms with van der Waals surface area (Å²) < 4.78 is 13.2. The van der Waals surface area contributed by atoms with Gasteiger partial charge in [-0.2, -0.15) is 0 Å². The van der Waals surface area contributed by atoms with Crippen LogP contribution < -0.4 is 0 Å². The summed E-state index contributed by atoms with van der Waals surface area (Å²) in [5.74, 6) is -0.718. The van der Waals surface area contributed by atoms with Crippen LogP contribution in [0.1, 0.15) is 17.5 Å². The molecule has 0 aliphatic carbocycles. The van der Waals surface area contributed by atoms with Crippen molar-refractivity contribution in [3.05, 3.63) is 65.7 Å². The Hall–Kier alpha value is -3.29. The second-order valence-electron chi connectivity index (χ2n) is 7.65. The first-order valence-corrected chi connectivity index (χ1v) is 10.0. The SMILES string of the molecule is O=C(Cc1ccncc1)N1CCCN2C(=O)CN(Cc3ccc(F)cc3)C(=O)C2C1. The van der Waals surface area contributed by atoms with Crippen molar-refractivity contribution in [2.24, 2.45) is 0 Å². The van der Waals surface area contributed by atoms with Gasteiger partial charge in [-0.3, -0.25) is 19.4 Å². The largest absolute Gasteiger partial charge is 0.340 e. The van der Waals surface area contributed by atoms with E-state index in [1.165, 1.54) is 17.0 Å². The Morgan fingerprint density at radius 3 is 2.50 bits per heavy atom. The molecule has 0 spiro atoms. The maximum Gasteiger partial charge on any atom is 0.247 e. The fourth-order valence-electron chi connectivity index (χ4n) is 4.00. The van der Waals surface area contributed by atoms with Gasteiger partial charge in [0.15, 0.2) is 0 Å². The standard InChI is InChI=1S/C22H23FN4O3/c23-18-4-2-17(3-5-18)13-26-15-21(29)27-11-1-10-25(14-19(27)22(26)30)20(28)12-16-6-8-24-9-7-16/h2-9,19H,1,10-15H2. The number of carbonyl (C=O) groups excluding carboxylic acids is 3. The van der Waals surface area contributed by atoms with Crippen molar-refractivity contribution in [2.45, 2.75) is 25.4 Å². The van der Waals surface area contributed by atoms with Crippen LogP contribution in [-0.4, -0.2) is 69.6 Å². The van der Waals surface area contributed by atoms with E-state index in [9.17, 15) is 18.8 Å². The molecule has 0 radical (unpaired) electrons. The molecule has 0 N–H and O–H groups in total. The zero-order valence-electron chi connectivity index (χ0n) is 16.5. The molecule has 4 rings (SSSR count). The fourth-order valence-corrected chi connectivity index (χ4v) is 4.00. The molecule has 156 valence electrons. The molecule has 30 heavy (non-hydrogen) atoms. The van der Waals surface area contributed by atoms with E-state index in [4.69, 9.17) is 0 Å². The lowest BCUT2D eigenvalue weighted by Crippen LogP contribution is -2.61. The molecule has 2 aliphatic heterocycles. The highest BCUT2D eigenvalue weighted by Gasteiger charge is 2.41. The van der Waals surface area contributed by atoms with Crippen LogP contribution in [0.4, 0.5) is 4.39 Å². The number of amides is 3. The van der Waals surface area contributed by atoms with Gasteiger partial charge in [-0.15, -0.1) is 0 Å². The molecular formula is C22H23FN4O3. The number of halogens is 1. The van der Waals surface area contributed by atoms with E-state index in [0.717, 1.165) is 11.1 Å². The first-order chi connectivity index (χ1) is 14.5. The van der Waals surface area contributed by atoms with Crippen LogP contribution in [0.15, 0.2) is 48.8 Å². The van der Waals surface area contributed by atoms with Gasteiger partial charge in [-0.05, 0) is 41.8 Å². The zero-order valence-corrected chi connectivity index (χ0v) is 16.5. The van der Waals surface area contributed by atoms with Gasteiger partial charge in [0.05, 0.1) is 13.0 Å². The number of fused-ring (bicyclic) bond motifs is 1. The Morgan fingerprint density at radius 1 is 1.03 bits per heavy atom. The molecule has 2 aromatic rings. The van der Waals surface area contributed by atoms with Crippen molar-refractivity contribution in [1.82, 2.24) is 19.7 Å². The van der Waals surface area contributed by atoms with Crippen LogP contribution in [0.25, 0.3) is 0 Å². The Labute approximate surface area is 174 Å². The number of benzene rings is 1. The fraction of sp³-hybridized carbons (Fsp3) is 0.364. The van der Waals surface area contributed by atoms with Crippen molar-refractivity contribution in [2.75, 3.05) is 26.2 Å². The van der Waals surface area contributed by atoms with Crippen LogP contribution in [0.3, 0.4) is 0 Å². The van der Waals surface area contributed by atoms with Gasteiger partial charge < -0.3 is 14.7 Å². The maximum atomic E-state index is 13.2. The minimum Gasteiger partial charge on any atom is -0.340 e. The Bertz CT molecular complexity index is 935. The highest BCUT2D eigenvalue weighted by atomic mass is 19.1. The van der Waals surface area contributed by atoms with Gasteiger partial charge in [0, 0.05) is 32.0 Å². The summed E-state index contributed by atoms with van der Waals surface area (Å²) in [6, 6.07) is 8.79. The molecule has 1 aromatic carbocycles. The number of pyridine rings is 1. The van der Waals surface area contributed by atoms with Crippen LogP contribution in [0.5, 0.6) is 0 Å². The number of nitrogens with zero attached hydrogens (tertiary/aromatic N) is 4. The first kappa shape index (κ1) is 20.0. The third kappa shape index (κ3) is 4.32. The van der Waals surface area contributed by atoms with Gasteiger partial charge in [-0.25, -0.2) is 4.39 Å². The molecule has 0 bridgehead atoms. The lowest BCUT2D eigenvalue weighted by Gasteiger charge is -2.40. The molecule has 0 saturated carbocycles. The van der Waals surface area contributed by atoms with E-state index in [1.54, 1.807) is 46.5 Å². The lowest BCUT2D eigenvalue weighted by molar-refractivity contribution is -0.157. The van der Waals surface area contributed by atoms with Crippen molar-refractivity contribution < 1.29 is 18.8 Å². The highest BCUT2D eigenvalue weighted by Crippen LogP contribution is 2.20. The summed E-state index contributed by atoms with van der Waals surface area (Å²) in [6.07, 6.45) is 4.15. The van der Waals surface area contributed by atoms with Crippen LogP contribution >= 0.6 is 0 Å². The number of hydrogen-bond acceptors (Lipinski definition) is 4.